The highest BCUT2D eigenvalue weighted by atomic mass is 16.6. The number of ether oxygens (including phenoxy) is 4. The van der Waals surface area contributed by atoms with E-state index in [1.165, 1.54) is 28.1 Å². The zero-order chi connectivity index (χ0) is 24.6. The van der Waals surface area contributed by atoms with Crippen LogP contribution in [0, 0.1) is 11.8 Å². The zero-order valence-corrected chi connectivity index (χ0v) is 19.3. The van der Waals surface area contributed by atoms with Gasteiger partial charge in [-0.05, 0) is 24.6 Å². The fraction of sp³-hybridized carbons (Fsp3) is 0.565. The van der Waals surface area contributed by atoms with Crippen molar-refractivity contribution in [2.24, 2.45) is 11.8 Å². The number of esters is 2. The number of methoxy groups -OCH3 is 2. The van der Waals surface area contributed by atoms with Crippen molar-refractivity contribution in [3.8, 4) is 0 Å². The predicted octanol–water partition coefficient (Wildman–Crippen LogP) is 1.06. The second kappa shape index (κ2) is 11.9. The van der Waals surface area contributed by atoms with Crippen molar-refractivity contribution in [2.75, 3.05) is 46.0 Å². The quantitative estimate of drug-likeness (QED) is 0.295. The number of anilines is 1. The Morgan fingerprint density at radius 3 is 2.06 bits per heavy atom. The molecule has 1 aromatic rings. The molecule has 10 heteroatoms. The van der Waals surface area contributed by atoms with Crippen molar-refractivity contribution in [1.82, 2.24) is 0 Å². The summed E-state index contributed by atoms with van der Waals surface area (Å²) in [6.45, 7) is 2.92. The first-order valence-electron chi connectivity index (χ1n) is 10.6. The van der Waals surface area contributed by atoms with Gasteiger partial charge in [-0.15, -0.1) is 0 Å². The molecule has 1 saturated carbocycles. The molecule has 10 nitrogen and oxygen atoms in total. The molecule has 4 unspecified atom stereocenters. The maximum absolute atomic E-state index is 13.0. The molecule has 0 aliphatic heterocycles. The fourth-order valence-electron chi connectivity index (χ4n) is 4.04. The van der Waals surface area contributed by atoms with E-state index in [9.17, 15) is 24.3 Å². The summed E-state index contributed by atoms with van der Waals surface area (Å²) < 4.78 is 20.3. The molecule has 0 saturated heterocycles. The van der Waals surface area contributed by atoms with Gasteiger partial charge in [0.25, 0.3) is 0 Å². The molecule has 0 bridgehead atoms. The Morgan fingerprint density at radius 2 is 1.55 bits per heavy atom. The lowest BCUT2D eigenvalue weighted by Crippen LogP contribution is -2.55. The summed E-state index contributed by atoms with van der Waals surface area (Å²) in [7, 11) is 2.90. The Hall–Kier alpha value is -2.82. The van der Waals surface area contributed by atoms with E-state index in [0.717, 1.165) is 0 Å². The number of hydrogen-bond acceptors (Lipinski definition) is 9. The summed E-state index contributed by atoms with van der Waals surface area (Å²) in [5.74, 6) is -5.96. The van der Waals surface area contributed by atoms with Crippen molar-refractivity contribution >= 4 is 29.3 Å². The van der Waals surface area contributed by atoms with Gasteiger partial charge >= 0.3 is 11.9 Å². The molecule has 33 heavy (non-hydrogen) atoms. The van der Waals surface area contributed by atoms with Gasteiger partial charge in [0.2, 0.25) is 5.91 Å². The van der Waals surface area contributed by atoms with Gasteiger partial charge in [0.1, 0.15) is 19.1 Å². The van der Waals surface area contributed by atoms with E-state index in [4.69, 9.17) is 18.9 Å². The summed E-state index contributed by atoms with van der Waals surface area (Å²) in [6, 6.07) is 6.36. The van der Waals surface area contributed by atoms with E-state index in [1.54, 1.807) is 24.3 Å². The average molecular weight is 465 g/mol. The van der Waals surface area contributed by atoms with Crippen LogP contribution in [0.15, 0.2) is 24.3 Å². The van der Waals surface area contributed by atoms with Crippen LogP contribution in [0.3, 0.4) is 0 Å². The van der Waals surface area contributed by atoms with Gasteiger partial charge < -0.3 is 29.4 Å². The monoisotopic (exact) mass is 465 g/mol. The summed E-state index contributed by atoms with van der Waals surface area (Å²) in [5, 5.41) is 13.7. The first-order valence-corrected chi connectivity index (χ1v) is 10.6. The van der Waals surface area contributed by atoms with Crippen molar-refractivity contribution in [3.63, 3.8) is 0 Å². The van der Waals surface area contributed by atoms with Gasteiger partial charge in [-0.1, -0.05) is 12.1 Å². The van der Waals surface area contributed by atoms with E-state index < -0.39 is 47.5 Å². The van der Waals surface area contributed by atoms with Crippen LogP contribution in [0.1, 0.15) is 31.7 Å². The molecule has 2 rings (SSSR count). The molecule has 0 spiro atoms. The fourth-order valence-corrected chi connectivity index (χ4v) is 4.04. The van der Waals surface area contributed by atoms with E-state index in [0.29, 0.717) is 11.3 Å². The van der Waals surface area contributed by atoms with Crippen LogP contribution in [0.2, 0.25) is 0 Å². The lowest BCUT2D eigenvalue weighted by Gasteiger charge is -2.43. The van der Waals surface area contributed by atoms with Gasteiger partial charge in [-0.2, -0.15) is 0 Å². The molecule has 1 amide bonds. The second-order valence-corrected chi connectivity index (χ2v) is 8.11. The normalized spacial score (nSPS) is 24.8. The number of Topliss-reactive ketones (excluding diaryl/α,β-unsaturated/α-hetero) is 1. The highest BCUT2D eigenvalue weighted by Gasteiger charge is 2.57. The smallest absolute Gasteiger partial charge is 0.317 e. The molecule has 1 fully saturated rings. The van der Waals surface area contributed by atoms with Crippen molar-refractivity contribution in [3.05, 3.63) is 29.8 Å². The number of ketones is 1. The van der Waals surface area contributed by atoms with Gasteiger partial charge in [-0.25, -0.2) is 0 Å². The van der Waals surface area contributed by atoms with Crippen LogP contribution in [-0.4, -0.2) is 75.0 Å². The Labute approximate surface area is 192 Å². The number of aliphatic hydroxyl groups is 1. The largest absolute Gasteiger partial charge is 0.463 e. The lowest BCUT2D eigenvalue weighted by atomic mass is 9.61. The predicted molar refractivity (Wildman–Crippen MR) is 116 cm³/mol. The molecule has 4 atom stereocenters. The Kier molecular flexibility index (Phi) is 9.51. The minimum Gasteiger partial charge on any atom is -0.463 e. The topological polar surface area (TPSA) is 137 Å². The van der Waals surface area contributed by atoms with E-state index in [2.05, 4.69) is 5.32 Å². The van der Waals surface area contributed by atoms with Gasteiger partial charge in [-0.3, -0.25) is 19.2 Å². The van der Waals surface area contributed by atoms with Crippen molar-refractivity contribution in [1.29, 1.82) is 0 Å². The summed E-state index contributed by atoms with van der Waals surface area (Å²) in [4.78, 5) is 50.3. The van der Waals surface area contributed by atoms with Crippen LogP contribution < -0.4 is 5.32 Å². The second-order valence-electron chi connectivity index (χ2n) is 8.11. The van der Waals surface area contributed by atoms with Gasteiger partial charge in [0.15, 0.2) is 5.78 Å². The number of amides is 1. The first-order chi connectivity index (χ1) is 15.6. The standard InChI is InChI=1S/C23H31NO9/c1-14(25)24-16-7-5-15(6-8-16)18-19(21(27)32-11-9-30-3)17(26)13-23(2,29)20(18)22(28)33-12-10-31-4/h5-8,18-20,29H,9-13H2,1-4H3,(H,24,25). The third-order valence-corrected chi connectivity index (χ3v) is 5.45. The SMILES string of the molecule is COCCOC(=O)C1C(=O)CC(C)(O)C(C(=O)OCCOC)C1c1ccc(NC(C)=O)cc1. The minimum atomic E-state index is -1.76. The van der Waals surface area contributed by atoms with Crippen LogP contribution >= 0.6 is 0 Å². The molecular formula is C23H31NO9. The number of carbonyl (C=O) groups excluding carboxylic acids is 4. The third kappa shape index (κ3) is 6.83. The molecule has 1 aromatic carbocycles. The summed E-state index contributed by atoms with van der Waals surface area (Å²) >= 11 is 0. The molecule has 1 aliphatic carbocycles. The molecule has 0 radical (unpaired) electrons. The van der Waals surface area contributed by atoms with Crippen LogP contribution in [-0.2, 0) is 38.1 Å². The van der Waals surface area contributed by atoms with Crippen LogP contribution in [0.5, 0.6) is 0 Å². The van der Waals surface area contributed by atoms with E-state index in [1.807, 2.05) is 0 Å². The van der Waals surface area contributed by atoms with Crippen molar-refractivity contribution in [2.45, 2.75) is 31.8 Å². The molecule has 2 N–H and O–H groups in total. The number of rotatable bonds is 10. The van der Waals surface area contributed by atoms with Gasteiger partial charge in [0.05, 0.1) is 24.7 Å². The minimum absolute atomic E-state index is 0.0486. The highest BCUT2D eigenvalue weighted by Crippen LogP contribution is 2.46. The van der Waals surface area contributed by atoms with E-state index in [-0.39, 0.29) is 32.3 Å². The van der Waals surface area contributed by atoms with Crippen LogP contribution in [0.4, 0.5) is 5.69 Å². The zero-order valence-electron chi connectivity index (χ0n) is 19.3. The Bertz CT molecular complexity index is 850. The maximum atomic E-state index is 13.0. The maximum Gasteiger partial charge on any atom is 0.317 e. The molecule has 0 heterocycles. The molecule has 0 aromatic heterocycles. The molecule has 1 aliphatic rings. The Morgan fingerprint density at radius 1 is 1.00 bits per heavy atom. The number of carbonyl (C=O) groups is 4. The number of nitrogens with one attached hydrogen (secondary N) is 1. The Balaban J connectivity index is 2.48. The number of benzene rings is 1. The van der Waals surface area contributed by atoms with Crippen LogP contribution in [0.25, 0.3) is 0 Å². The third-order valence-electron chi connectivity index (χ3n) is 5.45. The molecule has 182 valence electrons. The molecular weight excluding hydrogens is 434 g/mol. The summed E-state index contributed by atoms with van der Waals surface area (Å²) in [6.07, 6.45) is -0.415. The average Bonchev–Trinajstić information content (AvgIpc) is 2.73. The van der Waals surface area contributed by atoms with Gasteiger partial charge in [0, 0.05) is 39.2 Å². The first kappa shape index (κ1) is 26.4. The van der Waals surface area contributed by atoms with Crippen molar-refractivity contribution < 1.29 is 43.2 Å². The highest BCUT2D eigenvalue weighted by molar-refractivity contribution is 6.02. The summed E-state index contributed by atoms with van der Waals surface area (Å²) in [5.41, 5.74) is -0.815. The van der Waals surface area contributed by atoms with E-state index >= 15 is 0 Å². The lowest BCUT2D eigenvalue weighted by molar-refractivity contribution is -0.174. The number of hydrogen-bond donors (Lipinski definition) is 2.